The van der Waals surface area contributed by atoms with E-state index in [2.05, 4.69) is 5.32 Å². The van der Waals surface area contributed by atoms with Crippen molar-refractivity contribution < 1.29 is 14.3 Å². The van der Waals surface area contributed by atoms with Crippen molar-refractivity contribution in [2.45, 2.75) is 44.6 Å². The number of piperidine rings is 1. The highest BCUT2D eigenvalue weighted by Crippen LogP contribution is 2.24. The number of rotatable bonds is 7. The molecule has 1 atom stereocenters. The molecule has 1 N–H and O–H groups in total. The molecule has 2 heterocycles. The van der Waals surface area contributed by atoms with E-state index in [-0.39, 0.29) is 17.9 Å². The van der Waals surface area contributed by atoms with Gasteiger partial charge < -0.3 is 19.9 Å². The second-order valence-corrected chi connectivity index (χ2v) is 8.16. The van der Waals surface area contributed by atoms with E-state index < -0.39 is 0 Å². The Labute approximate surface area is 168 Å². The van der Waals surface area contributed by atoms with Crippen LogP contribution in [0.2, 0.25) is 0 Å². The number of nitrogens with one attached hydrogen (secondary N) is 1. The third kappa shape index (κ3) is 5.71. The zero-order valence-corrected chi connectivity index (χ0v) is 17.2. The van der Waals surface area contributed by atoms with Gasteiger partial charge >= 0.3 is 0 Å². The SMILES string of the molecule is CN(C)c1cccc(C(=O)N2CCC(CCC(=O)NC[C@H]3CCCO3)CC2)c1. The van der Waals surface area contributed by atoms with Gasteiger partial charge in [0.05, 0.1) is 6.10 Å². The van der Waals surface area contributed by atoms with Crippen LogP contribution in [-0.4, -0.2) is 63.2 Å². The van der Waals surface area contributed by atoms with Gasteiger partial charge in [-0.1, -0.05) is 6.07 Å². The number of hydrogen-bond donors (Lipinski definition) is 1. The number of nitrogens with zero attached hydrogens (tertiary/aromatic N) is 2. The first-order valence-corrected chi connectivity index (χ1v) is 10.5. The second kappa shape index (κ2) is 9.92. The molecule has 2 aliphatic rings. The summed E-state index contributed by atoms with van der Waals surface area (Å²) in [6, 6.07) is 7.78. The van der Waals surface area contributed by atoms with E-state index in [9.17, 15) is 9.59 Å². The number of amides is 2. The monoisotopic (exact) mass is 387 g/mol. The van der Waals surface area contributed by atoms with Crippen LogP contribution in [0.25, 0.3) is 0 Å². The lowest BCUT2D eigenvalue weighted by atomic mass is 9.91. The van der Waals surface area contributed by atoms with Crippen molar-refractivity contribution in [3.8, 4) is 0 Å². The quantitative estimate of drug-likeness (QED) is 0.781. The van der Waals surface area contributed by atoms with Crippen LogP contribution >= 0.6 is 0 Å². The van der Waals surface area contributed by atoms with Crippen molar-refractivity contribution in [3.05, 3.63) is 29.8 Å². The second-order valence-electron chi connectivity index (χ2n) is 8.16. The van der Waals surface area contributed by atoms with Crippen LogP contribution in [0.5, 0.6) is 0 Å². The van der Waals surface area contributed by atoms with Crippen molar-refractivity contribution in [2.24, 2.45) is 5.92 Å². The predicted molar refractivity (Wildman–Crippen MR) is 111 cm³/mol. The molecular weight excluding hydrogens is 354 g/mol. The largest absolute Gasteiger partial charge is 0.378 e. The molecule has 1 aromatic carbocycles. The molecule has 0 radical (unpaired) electrons. The van der Waals surface area contributed by atoms with Gasteiger partial charge in [-0.3, -0.25) is 9.59 Å². The first-order chi connectivity index (χ1) is 13.5. The normalized spacial score (nSPS) is 20.2. The highest BCUT2D eigenvalue weighted by molar-refractivity contribution is 5.95. The summed E-state index contributed by atoms with van der Waals surface area (Å²) in [6.45, 7) is 3.00. The molecule has 0 unspecified atom stereocenters. The van der Waals surface area contributed by atoms with Crippen molar-refractivity contribution in [1.82, 2.24) is 10.2 Å². The summed E-state index contributed by atoms with van der Waals surface area (Å²) in [5, 5.41) is 2.99. The van der Waals surface area contributed by atoms with E-state index in [4.69, 9.17) is 4.74 Å². The molecule has 1 aromatic rings. The smallest absolute Gasteiger partial charge is 0.253 e. The standard InChI is InChI=1S/C22H33N3O3/c1-24(2)19-6-3-5-18(15-19)22(27)25-12-10-17(11-13-25)8-9-21(26)23-16-20-7-4-14-28-20/h3,5-6,15,17,20H,4,7-14,16H2,1-2H3,(H,23,26)/t20-/m1/s1. The minimum atomic E-state index is 0.108. The molecule has 0 aromatic heterocycles. The Morgan fingerprint density at radius 3 is 2.68 bits per heavy atom. The molecule has 2 amide bonds. The number of anilines is 1. The molecule has 2 saturated heterocycles. The fourth-order valence-electron chi connectivity index (χ4n) is 3.98. The predicted octanol–water partition coefficient (Wildman–Crippen LogP) is 2.68. The Morgan fingerprint density at radius 2 is 2.00 bits per heavy atom. The molecule has 0 bridgehead atoms. The minimum Gasteiger partial charge on any atom is -0.378 e. The van der Waals surface area contributed by atoms with Gasteiger partial charge in [0.15, 0.2) is 0 Å². The number of benzene rings is 1. The van der Waals surface area contributed by atoms with E-state index >= 15 is 0 Å². The van der Waals surface area contributed by atoms with E-state index in [0.29, 0.717) is 18.9 Å². The van der Waals surface area contributed by atoms with Crippen molar-refractivity contribution in [1.29, 1.82) is 0 Å². The van der Waals surface area contributed by atoms with Crippen molar-refractivity contribution in [2.75, 3.05) is 45.2 Å². The fraction of sp³-hybridized carbons (Fsp3) is 0.636. The summed E-state index contributed by atoms with van der Waals surface area (Å²) < 4.78 is 5.53. The molecule has 28 heavy (non-hydrogen) atoms. The van der Waals surface area contributed by atoms with Gasteiger partial charge in [-0.05, 0) is 56.2 Å². The van der Waals surface area contributed by atoms with Crippen LogP contribution in [-0.2, 0) is 9.53 Å². The molecule has 6 heteroatoms. The maximum Gasteiger partial charge on any atom is 0.253 e. The van der Waals surface area contributed by atoms with Gasteiger partial charge in [-0.2, -0.15) is 0 Å². The average molecular weight is 388 g/mol. The molecule has 154 valence electrons. The zero-order valence-electron chi connectivity index (χ0n) is 17.2. The van der Waals surface area contributed by atoms with E-state index in [0.717, 1.165) is 63.1 Å². The average Bonchev–Trinajstić information content (AvgIpc) is 3.24. The maximum atomic E-state index is 12.8. The van der Waals surface area contributed by atoms with Crippen LogP contribution in [0.3, 0.4) is 0 Å². The lowest BCUT2D eigenvalue weighted by Crippen LogP contribution is -2.39. The molecule has 3 rings (SSSR count). The Morgan fingerprint density at radius 1 is 1.21 bits per heavy atom. The van der Waals surface area contributed by atoms with Crippen LogP contribution in [0.4, 0.5) is 5.69 Å². The number of carbonyl (C=O) groups excluding carboxylic acids is 2. The molecule has 0 saturated carbocycles. The first-order valence-electron chi connectivity index (χ1n) is 10.5. The number of carbonyl (C=O) groups is 2. The highest BCUT2D eigenvalue weighted by atomic mass is 16.5. The first kappa shape index (κ1) is 20.6. The number of likely N-dealkylation sites (tertiary alicyclic amines) is 1. The molecule has 2 fully saturated rings. The number of ether oxygens (including phenoxy) is 1. The van der Waals surface area contributed by atoms with Crippen LogP contribution in [0, 0.1) is 5.92 Å². The number of hydrogen-bond acceptors (Lipinski definition) is 4. The van der Waals surface area contributed by atoms with E-state index in [1.54, 1.807) is 0 Å². The molecule has 2 aliphatic heterocycles. The summed E-state index contributed by atoms with van der Waals surface area (Å²) in [7, 11) is 3.96. The van der Waals surface area contributed by atoms with Gasteiger partial charge in [-0.25, -0.2) is 0 Å². The van der Waals surface area contributed by atoms with Crippen LogP contribution < -0.4 is 10.2 Å². The summed E-state index contributed by atoms with van der Waals surface area (Å²) in [5.41, 5.74) is 1.79. The van der Waals surface area contributed by atoms with Gasteiger partial charge in [-0.15, -0.1) is 0 Å². The maximum absolute atomic E-state index is 12.8. The van der Waals surface area contributed by atoms with E-state index in [1.807, 2.05) is 48.2 Å². The lowest BCUT2D eigenvalue weighted by Gasteiger charge is -2.32. The van der Waals surface area contributed by atoms with Crippen LogP contribution in [0.15, 0.2) is 24.3 Å². The zero-order chi connectivity index (χ0) is 19.9. The van der Waals surface area contributed by atoms with Gasteiger partial charge in [0.25, 0.3) is 5.91 Å². The van der Waals surface area contributed by atoms with Crippen molar-refractivity contribution >= 4 is 17.5 Å². The highest BCUT2D eigenvalue weighted by Gasteiger charge is 2.24. The summed E-state index contributed by atoms with van der Waals surface area (Å²) >= 11 is 0. The molecule has 6 nitrogen and oxygen atoms in total. The Kier molecular flexibility index (Phi) is 7.31. The molecular formula is C22H33N3O3. The Balaban J connectivity index is 1.38. The topological polar surface area (TPSA) is 61.9 Å². The third-order valence-electron chi connectivity index (χ3n) is 5.84. The molecule has 0 spiro atoms. The van der Waals surface area contributed by atoms with Gasteiger partial charge in [0.1, 0.15) is 0 Å². The molecule has 0 aliphatic carbocycles. The van der Waals surface area contributed by atoms with Gasteiger partial charge in [0, 0.05) is 58.0 Å². The summed E-state index contributed by atoms with van der Waals surface area (Å²) in [6.07, 6.45) is 5.74. The fourth-order valence-corrected chi connectivity index (χ4v) is 3.98. The Bertz CT molecular complexity index is 663. The minimum absolute atomic E-state index is 0.108. The third-order valence-corrected chi connectivity index (χ3v) is 5.84. The van der Waals surface area contributed by atoms with Crippen molar-refractivity contribution in [3.63, 3.8) is 0 Å². The lowest BCUT2D eigenvalue weighted by molar-refractivity contribution is -0.122. The van der Waals surface area contributed by atoms with E-state index in [1.165, 1.54) is 0 Å². The van der Waals surface area contributed by atoms with Crippen LogP contribution in [0.1, 0.15) is 48.9 Å². The summed E-state index contributed by atoms with van der Waals surface area (Å²) in [5.74, 6) is 0.747. The Hall–Kier alpha value is -2.08. The van der Waals surface area contributed by atoms with Gasteiger partial charge in [0.2, 0.25) is 5.91 Å². The summed E-state index contributed by atoms with van der Waals surface area (Å²) in [4.78, 5) is 28.8.